The summed E-state index contributed by atoms with van der Waals surface area (Å²) in [6.07, 6.45) is 3.46. The molecule has 2 saturated heterocycles. The van der Waals surface area contributed by atoms with Gasteiger partial charge in [-0.05, 0) is 49.4 Å². The van der Waals surface area contributed by atoms with Gasteiger partial charge in [0.05, 0.1) is 0 Å². The Morgan fingerprint density at radius 3 is 2.65 bits per heavy atom. The van der Waals surface area contributed by atoms with Crippen molar-refractivity contribution in [3.8, 4) is 0 Å². The molecule has 2 fully saturated rings. The summed E-state index contributed by atoms with van der Waals surface area (Å²) in [5, 5.41) is 0. The van der Waals surface area contributed by atoms with E-state index >= 15 is 0 Å². The molecule has 2 heterocycles. The first-order valence-electron chi connectivity index (χ1n) is 8.82. The van der Waals surface area contributed by atoms with E-state index in [9.17, 15) is 9.18 Å². The normalized spacial score (nSPS) is 25.5. The number of hydrogen-bond donors (Lipinski definition) is 0. The molecule has 0 saturated carbocycles. The number of rotatable bonds is 3. The van der Waals surface area contributed by atoms with Crippen LogP contribution in [0.3, 0.4) is 0 Å². The average molecular weight is 318 g/mol. The number of hydrogen-bond acceptors (Lipinski definition) is 2. The summed E-state index contributed by atoms with van der Waals surface area (Å²) in [6, 6.07) is 7.42. The largest absolute Gasteiger partial charge is 0.342 e. The number of piperidine rings is 2. The predicted octanol–water partition coefficient (Wildman–Crippen LogP) is 3.29. The maximum atomic E-state index is 13.1. The monoisotopic (exact) mass is 318 g/mol. The van der Waals surface area contributed by atoms with Crippen LogP contribution in [0.4, 0.5) is 4.39 Å². The lowest BCUT2D eigenvalue weighted by Crippen LogP contribution is -2.55. The fourth-order valence-corrected chi connectivity index (χ4v) is 4.09. The Labute approximate surface area is 138 Å². The lowest BCUT2D eigenvalue weighted by Gasteiger charge is -2.47. The topological polar surface area (TPSA) is 23.6 Å². The standard InChI is InChI=1S/C19H27FN2O/c1-14(2)19(23)22-11-9-18-16(13-22)4-3-10-21(18)12-15-5-7-17(20)8-6-15/h5-8,14,16,18H,3-4,9-13H2,1-2H3/t16-,18+/m1/s1. The summed E-state index contributed by atoms with van der Waals surface area (Å²) in [5.41, 5.74) is 1.17. The van der Waals surface area contributed by atoms with Crippen molar-refractivity contribution in [1.29, 1.82) is 0 Å². The van der Waals surface area contributed by atoms with Crippen LogP contribution >= 0.6 is 0 Å². The lowest BCUT2D eigenvalue weighted by atomic mass is 9.83. The molecule has 0 aromatic heterocycles. The second kappa shape index (κ2) is 7.00. The van der Waals surface area contributed by atoms with E-state index in [1.807, 2.05) is 26.0 Å². The first kappa shape index (κ1) is 16.4. The van der Waals surface area contributed by atoms with Gasteiger partial charge in [-0.3, -0.25) is 9.69 Å². The molecule has 0 bridgehead atoms. The highest BCUT2D eigenvalue weighted by Crippen LogP contribution is 2.32. The number of nitrogens with zero attached hydrogens (tertiary/aromatic N) is 2. The average Bonchev–Trinajstić information content (AvgIpc) is 2.56. The molecule has 0 N–H and O–H groups in total. The van der Waals surface area contributed by atoms with Crippen molar-refractivity contribution < 1.29 is 9.18 Å². The number of fused-ring (bicyclic) bond motifs is 1. The maximum Gasteiger partial charge on any atom is 0.225 e. The van der Waals surface area contributed by atoms with Gasteiger partial charge in [0.2, 0.25) is 5.91 Å². The van der Waals surface area contributed by atoms with E-state index in [-0.39, 0.29) is 11.7 Å². The molecule has 1 amide bonds. The molecular formula is C19H27FN2O. The highest BCUT2D eigenvalue weighted by Gasteiger charge is 2.37. The molecule has 2 atom stereocenters. The molecule has 126 valence electrons. The molecule has 2 aliphatic heterocycles. The lowest BCUT2D eigenvalue weighted by molar-refractivity contribution is -0.138. The van der Waals surface area contributed by atoms with Gasteiger partial charge in [-0.15, -0.1) is 0 Å². The number of amides is 1. The molecule has 3 rings (SSSR count). The van der Waals surface area contributed by atoms with Crippen molar-refractivity contribution >= 4 is 5.91 Å². The molecule has 0 aliphatic carbocycles. The van der Waals surface area contributed by atoms with Gasteiger partial charge in [0.15, 0.2) is 0 Å². The first-order chi connectivity index (χ1) is 11.0. The highest BCUT2D eigenvalue weighted by molar-refractivity contribution is 5.78. The van der Waals surface area contributed by atoms with Crippen molar-refractivity contribution in [2.24, 2.45) is 11.8 Å². The van der Waals surface area contributed by atoms with E-state index in [4.69, 9.17) is 0 Å². The first-order valence-corrected chi connectivity index (χ1v) is 8.82. The van der Waals surface area contributed by atoms with Crippen LogP contribution in [0.1, 0.15) is 38.7 Å². The van der Waals surface area contributed by atoms with Crippen molar-refractivity contribution in [2.45, 2.75) is 45.7 Å². The van der Waals surface area contributed by atoms with Gasteiger partial charge < -0.3 is 4.90 Å². The minimum Gasteiger partial charge on any atom is -0.342 e. The fraction of sp³-hybridized carbons (Fsp3) is 0.632. The third-order valence-corrected chi connectivity index (χ3v) is 5.29. The third kappa shape index (κ3) is 3.74. The molecule has 2 aliphatic rings. The molecule has 1 aromatic rings. The zero-order valence-corrected chi connectivity index (χ0v) is 14.2. The van der Waals surface area contributed by atoms with Crippen molar-refractivity contribution in [1.82, 2.24) is 9.80 Å². The van der Waals surface area contributed by atoms with E-state index in [2.05, 4.69) is 9.80 Å². The van der Waals surface area contributed by atoms with Crippen molar-refractivity contribution in [3.63, 3.8) is 0 Å². The number of benzene rings is 1. The minimum atomic E-state index is -0.175. The molecule has 3 nitrogen and oxygen atoms in total. The fourth-order valence-electron chi connectivity index (χ4n) is 4.09. The Balaban J connectivity index is 1.64. The van der Waals surface area contributed by atoms with E-state index in [1.54, 1.807) is 12.1 Å². The molecule has 23 heavy (non-hydrogen) atoms. The Bertz CT molecular complexity index is 543. The number of halogens is 1. The summed E-state index contributed by atoms with van der Waals surface area (Å²) >= 11 is 0. The second-order valence-corrected chi connectivity index (χ2v) is 7.29. The van der Waals surface area contributed by atoms with Crippen LogP contribution in [-0.2, 0) is 11.3 Å². The van der Waals surface area contributed by atoms with Crippen molar-refractivity contribution in [2.75, 3.05) is 19.6 Å². The van der Waals surface area contributed by atoms with E-state index in [1.165, 1.54) is 18.4 Å². The maximum absolute atomic E-state index is 13.1. The van der Waals surface area contributed by atoms with Gasteiger partial charge in [0, 0.05) is 31.6 Å². The summed E-state index contributed by atoms with van der Waals surface area (Å²) in [7, 11) is 0. The minimum absolute atomic E-state index is 0.0884. The Morgan fingerprint density at radius 2 is 1.96 bits per heavy atom. The van der Waals surface area contributed by atoms with Crippen LogP contribution in [0.15, 0.2) is 24.3 Å². The van der Waals surface area contributed by atoms with Crippen molar-refractivity contribution in [3.05, 3.63) is 35.6 Å². The smallest absolute Gasteiger partial charge is 0.225 e. The zero-order chi connectivity index (χ0) is 16.4. The van der Waals surface area contributed by atoms with Gasteiger partial charge in [0.25, 0.3) is 0 Å². The SMILES string of the molecule is CC(C)C(=O)N1CC[C@H]2[C@H](CCCN2Cc2ccc(F)cc2)C1. The van der Waals surface area contributed by atoms with Crippen LogP contribution in [0.2, 0.25) is 0 Å². The highest BCUT2D eigenvalue weighted by atomic mass is 19.1. The predicted molar refractivity (Wildman–Crippen MR) is 89.4 cm³/mol. The second-order valence-electron chi connectivity index (χ2n) is 7.29. The number of carbonyl (C=O) groups excluding carboxylic acids is 1. The van der Waals surface area contributed by atoms with Gasteiger partial charge in [-0.1, -0.05) is 26.0 Å². The quantitative estimate of drug-likeness (QED) is 0.854. The Kier molecular flexibility index (Phi) is 5.00. The van der Waals surface area contributed by atoms with Gasteiger partial charge >= 0.3 is 0 Å². The Hall–Kier alpha value is -1.42. The molecule has 0 spiro atoms. The molecular weight excluding hydrogens is 291 g/mol. The van der Waals surface area contributed by atoms with Gasteiger partial charge in [0.1, 0.15) is 5.82 Å². The third-order valence-electron chi connectivity index (χ3n) is 5.29. The van der Waals surface area contributed by atoms with E-state index in [0.29, 0.717) is 17.9 Å². The van der Waals surface area contributed by atoms with E-state index < -0.39 is 0 Å². The summed E-state index contributed by atoms with van der Waals surface area (Å²) in [6.45, 7) is 7.74. The Morgan fingerprint density at radius 1 is 1.22 bits per heavy atom. The van der Waals surface area contributed by atoms with Crippen LogP contribution in [0.25, 0.3) is 0 Å². The van der Waals surface area contributed by atoms with Crippen LogP contribution < -0.4 is 0 Å². The molecule has 0 radical (unpaired) electrons. The zero-order valence-electron chi connectivity index (χ0n) is 14.2. The molecule has 0 unspecified atom stereocenters. The summed E-state index contributed by atoms with van der Waals surface area (Å²) in [4.78, 5) is 16.9. The number of carbonyl (C=O) groups is 1. The summed E-state index contributed by atoms with van der Waals surface area (Å²) < 4.78 is 13.1. The van der Waals surface area contributed by atoms with Gasteiger partial charge in [-0.2, -0.15) is 0 Å². The van der Waals surface area contributed by atoms with Crippen LogP contribution in [0, 0.1) is 17.7 Å². The van der Waals surface area contributed by atoms with Crippen LogP contribution in [0.5, 0.6) is 0 Å². The molecule has 1 aromatic carbocycles. The van der Waals surface area contributed by atoms with Crippen LogP contribution in [-0.4, -0.2) is 41.4 Å². The van der Waals surface area contributed by atoms with Gasteiger partial charge in [-0.25, -0.2) is 4.39 Å². The molecule has 4 heteroatoms. The van der Waals surface area contributed by atoms with E-state index in [0.717, 1.165) is 32.6 Å². The summed E-state index contributed by atoms with van der Waals surface area (Å²) in [5.74, 6) is 0.788. The number of likely N-dealkylation sites (tertiary alicyclic amines) is 2.